The zero-order valence-electron chi connectivity index (χ0n) is 14.2. The van der Waals surface area contributed by atoms with E-state index in [1.54, 1.807) is 11.3 Å². The summed E-state index contributed by atoms with van der Waals surface area (Å²) in [5.74, 6) is -0.0248. The van der Waals surface area contributed by atoms with Crippen molar-refractivity contribution in [2.24, 2.45) is 0 Å². The van der Waals surface area contributed by atoms with Crippen molar-refractivity contribution in [3.05, 3.63) is 44.9 Å². The first kappa shape index (κ1) is 17.6. The van der Waals surface area contributed by atoms with Gasteiger partial charge in [-0.1, -0.05) is 35.0 Å². The Morgan fingerprint density at radius 2 is 2.08 bits per heavy atom. The highest BCUT2D eigenvalue weighted by Crippen LogP contribution is 2.31. The number of fused-ring (bicyclic) bond motifs is 1. The number of nitrogens with zero attached hydrogens (tertiary/aromatic N) is 2. The maximum atomic E-state index is 12.8. The van der Waals surface area contributed by atoms with Crippen LogP contribution in [0.3, 0.4) is 0 Å². The third kappa shape index (κ3) is 3.55. The fraction of sp³-hybridized carbons (Fsp3) is 0.444. The Morgan fingerprint density at radius 3 is 2.75 bits per heavy atom. The van der Waals surface area contributed by atoms with E-state index >= 15 is 0 Å². The minimum atomic E-state index is -0.609. The van der Waals surface area contributed by atoms with E-state index in [9.17, 15) is 4.79 Å². The van der Waals surface area contributed by atoms with Crippen LogP contribution in [-0.4, -0.2) is 28.9 Å². The van der Waals surface area contributed by atoms with Crippen LogP contribution in [0.2, 0.25) is 0 Å². The number of likely N-dealkylation sites (N-methyl/N-ethyl adjacent to an activating group) is 1. The van der Waals surface area contributed by atoms with Crippen LogP contribution in [0.4, 0.5) is 5.13 Å². The first-order valence-electron chi connectivity index (χ1n) is 8.18. The van der Waals surface area contributed by atoms with Crippen LogP contribution in [0.25, 0.3) is 0 Å². The van der Waals surface area contributed by atoms with E-state index in [0.717, 1.165) is 41.8 Å². The number of amides is 1. The fourth-order valence-electron chi connectivity index (χ4n) is 2.82. The van der Waals surface area contributed by atoms with Gasteiger partial charge in [0, 0.05) is 28.9 Å². The quantitative estimate of drug-likeness (QED) is 0.825. The summed E-state index contributed by atoms with van der Waals surface area (Å²) in [5.41, 5.74) is 1.52. The highest BCUT2D eigenvalue weighted by Gasteiger charge is 2.31. The Labute approximate surface area is 155 Å². The van der Waals surface area contributed by atoms with Crippen molar-refractivity contribution < 1.29 is 4.79 Å². The van der Waals surface area contributed by atoms with E-state index in [2.05, 4.69) is 38.1 Å². The highest BCUT2D eigenvalue weighted by atomic mass is 79.9. The molecule has 24 heavy (non-hydrogen) atoms. The highest BCUT2D eigenvalue weighted by molar-refractivity contribution is 9.10. The molecule has 1 amide bonds. The standard InChI is InChI=1S/C18H22BrN3OS/c1-4-22-10-9-14-15(11-22)24-17(20-14)21-16(23)18(2,3)12-5-7-13(19)8-6-12/h5-8H,4,9-11H2,1-3H3,(H,20,21,23). The SMILES string of the molecule is CCN1CCc2nc(NC(=O)C(C)(C)c3ccc(Br)cc3)sc2C1. The van der Waals surface area contributed by atoms with Crippen molar-refractivity contribution in [3.63, 3.8) is 0 Å². The van der Waals surface area contributed by atoms with Gasteiger partial charge in [-0.2, -0.15) is 0 Å². The number of nitrogens with one attached hydrogen (secondary N) is 1. The first-order valence-corrected chi connectivity index (χ1v) is 9.79. The number of aromatic nitrogens is 1. The summed E-state index contributed by atoms with van der Waals surface area (Å²) in [7, 11) is 0. The molecule has 1 aromatic heterocycles. The molecule has 2 heterocycles. The molecule has 1 N–H and O–H groups in total. The molecule has 1 aliphatic rings. The maximum Gasteiger partial charge on any atom is 0.236 e. The third-order valence-electron chi connectivity index (χ3n) is 4.61. The summed E-state index contributed by atoms with van der Waals surface area (Å²) in [6, 6.07) is 7.89. The van der Waals surface area contributed by atoms with Crippen molar-refractivity contribution in [1.82, 2.24) is 9.88 Å². The molecule has 0 aliphatic carbocycles. The summed E-state index contributed by atoms with van der Waals surface area (Å²) >= 11 is 5.04. The smallest absolute Gasteiger partial charge is 0.236 e. The fourth-order valence-corrected chi connectivity index (χ4v) is 4.13. The molecule has 2 aromatic rings. The average molecular weight is 408 g/mol. The summed E-state index contributed by atoms with van der Waals surface area (Å²) in [5, 5.41) is 3.74. The van der Waals surface area contributed by atoms with Gasteiger partial charge >= 0.3 is 0 Å². The molecular formula is C18H22BrN3OS. The van der Waals surface area contributed by atoms with Crippen LogP contribution < -0.4 is 5.32 Å². The van der Waals surface area contributed by atoms with E-state index in [0.29, 0.717) is 5.13 Å². The van der Waals surface area contributed by atoms with Gasteiger partial charge in [-0.05, 0) is 38.1 Å². The van der Waals surface area contributed by atoms with Gasteiger partial charge in [0.25, 0.3) is 0 Å². The zero-order valence-corrected chi connectivity index (χ0v) is 16.6. The lowest BCUT2D eigenvalue weighted by Gasteiger charge is -2.23. The second-order valence-corrected chi connectivity index (χ2v) is 8.59. The van der Waals surface area contributed by atoms with Gasteiger partial charge in [0.2, 0.25) is 5.91 Å². The number of hydrogen-bond donors (Lipinski definition) is 1. The van der Waals surface area contributed by atoms with Gasteiger partial charge in [0.15, 0.2) is 5.13 Å². The molecule has 3 rings (SSSR count). The first-order chi connectivity index (χ1) is 11.4. The van der Waals surface area contributed by atoms with Crippen molar-refractivity contribution >= 4 is 38.3 Å². The van der Waals surface area contributed by atoms with E-state index in [1.807, 2.05) is 38.1 Å². The Morgan fingerprint density at radius 1 is 1.38 bits per heavy atom. The Bertz CT molecular complexity index is 739. The second kappa shape index (κ2) is 6.94. The van der Waals surface area contributed by atoms with Gasteiger partial charge in [-0.15, -0.1) is 11.3 Å². The van der Waals surface area contributed by atoms with Gasteiger partial charge in [0.05, 0.1) is 11.1 Å². The van der Waals surface area contributed by atoms with Crippen LogP contribution in [0.1, 0.15) is 36.9 Å². The Hall–Kier alpha value is -1.24. The molecule has 0 saturated carbocycles. The molecule has 6 heteroatoms. The van der Waals surface area contributed by atoms with Gasteiger partial charge in [-0.25, -0.2) is 4.98 Å². The normalized spacial score (nSPS) is 15.2. The maximum absolute atomic E-state index is 12.8. The molecule has 0 spiro atoms. The zero-order chi connectivity index (χ0) is 17.3. The van der Waals surface area contributed by atoms with Crippen LogP contribution in [0.5, 0.6) is 0 Å². The molecule has 0 radical (unpaired) electrons. The number of carbonyl (C=O) groups excluding carboxylic acids is 1. The minimum absolute atomic E-state index is 0.0248. The molecule has 1 aliphatic heterocycles. The van der Waals surface area contributed by atoms with E-state index in [-0.39, 0.29) is 5.91 Å². The topological polar surface area (TPSA) is 45.2 Å². The van der Waals surface area contributed by atoms with Crippen LogP contribution in [0, 0.1) is 0 Å². The lowest BCUT2D eigenvalue weighted by molar-refractivity contribution is -0.120. The monoisotopic (exact) mass is 407 g/mol. The number of benzene rings is 1. The molecule has 1 aromatic carbocycles. The van der Waals surface area contributed by atoms with Crippen molar-refractivity contribution in [2.75, 3.05) is 18.4 Å². The summed E-state index contributed by atoms with van der Waals surface area (Å²) in [4.78, 5) is 21.1. The lowest BCUT2D eigenvalue weighted by atomic mass is 9.84. The second-order valence-electron chi connectivity index (χ2n) is 6.59. The number of anilines is 1. The molecule has 128 valence electrons. The average Bonchev–Trinajstić information content (AvgIpc) is 2.96. The van der Waals surface area contributed by atoms with Crippen LogP contribution in [0.15, 0.2) is 28.7 Å². The largest absolute Gasteiger partial charge is 0.301 e. The van der Waals surface area contributed by atoms with E-state index in [4.69, 9.17) is 0 Å². The van der Waals surface area contributed by atoms with Gasteiger partial charge in [0.1, 0.15) is 0 Å². The van der Waals surface area contributed by atoms with Crippen molar-refractivity contribution in [2.45, 2.75) is 39.2 Å². The number of carbonyl (C=O) groups is 1. The van der Waals surface area contributed by atoms with Crippen molar-refractivity contribution in [3.8, 4) is 0 Å². The number of thiazole rings is 1. The predicted octanol–water partition coefficient (Wildman–Crippen LogP) is 4.20. The molecule has 0 unspecified atom stereocenters. The summed E-state index contributed by atoms with van der Waals surface area (Å²) < 4.78 is 1.01. The number of halogens is 1. The third-order valence-corrected chi connectivity index (χ3v) is 6.14. The summed E-state index contributed by atoms with van der Waals surface area (Å²) in [6.45, 7) is 9.10. The van der Waals surface area contributed by atoms with Gasteiger partial charge in [-0.3, -0.25) is 9.69 Å². The molecule has 0 saturated heterocycles. The minimum Gasteiger partial charge on any atom is -0.301 e. The number of rotatable bonds is 4. The molecule has 0 atom stereocenters. The summed E-state index contributed by atoms with van der Waals surface area (Å²) in [6.07, 6.45) is 0.964. The number of hydrogen-bond acceptors (Lipinski definition) is 4. The predicted molar refractivity (Wildman–Crippen MR) is 103 cm³/mol. The van der Waals surface area contributed by atoms with E-state index in [1.165, 1.54) is 4.88 Å². The Kier molecular flexibility index (Phi) is 5.08. The molecule has 0 fully saturated rings. The lowest BCUT2D eigenvalue weighted by Crippen LogP contribution is -2.34. The molecule has 0 bridgehead atoms. The van der Waals surface area contributed by atoms with Crippen LogP contribution in [-0.2, 0) is 23.2 Å². The van der Waals surface area contributed by atoms with E-state index < -0.39 is 5.41 Å². The van der Waals surface area contributed by atoms with Gasteiger partial charge < -0.3 is 5.32 Å². The Balaban J connectivity index is 1.75. The molecule has 4 nitrogen and oxygen atoms in total. The van der Waals surface area contributed by atoms with Crippen LogP contribution >= 0.6 is 27.3 Å². The van der Waals surface area contributed by atoms with Crippen molar-refractivity contribution in [1.29, 1.82) is 0 Å². The molecular weight excluding hydrogens is 386 g/mol.